The molecule has 6 nitrogen and oxygen atoms in total. The highest BCUT2D eigenvalue weighted by Gasteiger charge is 2.16. The van der Waals surface area contributed by atoms with E-state index in [9.17, 15) is 4.79 Å². The maximum atomic E-state index is 12.3. The quantitative estimate of drug-likeness (QED) is 0.466. The van der Waals surface area contributed by atoms with Crippen LogP contribution >= 0.6 is 11.8 Å². The summed E-state index contributed by atoms with van der Waals surface area (Å²) in [5.74, 6) is 0.863. The van der Waals surface area contributed by atoms with Crippen molar-refractivity contribution in [1.29, 1.82) is 0 Å². The third-order valence-corrected chi connectivity index (χ3v) is 4.17. The Balaban J connectivity index is 2.13. The fourth-order valence-corrected chi connectivity index (χ4v) is 2.54. The summed E-state index contributed by atoms with van der Waals surface area (Å²) < 4.78 is 15.7. The Kier molecular flexibility index (Phi) is 6.71. The Morgan fingerprint density at radius 3 is 2.12 bits per heavy atom. The van der Waals surface area contributed by atoms with E-state index in [4.69, 9.17) is 14.2 Å². The molecule has 2 rings (SSSR count). The Labute approximate surface area is 151 Å². The summed E-state index contributed by atoms with van der Waals surface area (Å²) in [6, 6.07) is 11.0. The summed E-state index contributed by atoms with van der Waals surface area (Å²) in [7, 11) is 4.50. The highest BCUT2D eigenvalue weighted by atomic mass is 32.2. The number of rotatable bonds is 7. The molecule has 0 aliphatic carbocycles. The average molecular weight is 360 g/mol. The van der Waals surface area contributed by atoms with Crippen LogP contribution < -0.4 is 19.6 Å². The van der Waals surface area contributed by atoms with Crippen LogP contribution in [0.4, 0.5) is 0 Å². The highest BCUT2D eigenvalue weighted by Crippen LogP contribution is 2.38. The van der Waals surface area contributed by atoms with Crippen molar-refractivity contribution in [3.05, 3.63) is 47.5 Å². The minimum Gasteiger partial charge on any atom is -0.493 e. The third-order valence-electron chi connectivity index (χ3n) is 3.42. The summed E-state index contributed by atoms with van der Waals surface area (Å²) in [6.45, 7) is 0. The van der Waals surface area contributed by atoms with Crippen LogP contribution in [0.3, 0.4) is 0 Å². The lowest BCUT2D eigenvalue weighted by molar-refractivity contribution is 0.0954. The first-order valence-corrected chi connectivity index (χ1v) is 8.62. The topological polar surface area (TPSA) is 69.2 Å². The van der Waals surface area contributed by atoms with Gasteiger partial charge >= 0.3 is 0 Å². The van der Waals surface area contributed by atoms with E-state index < -0.39 is 0 Å². The van der Waals surface area contributed by atoms with Crippen LogP contribution in [0.1, 0.15) is 15.9 Å². The Morgan fingerprint density at radius 1 is 1.04 bits per heavy atom. The number of hydrogen-bond donors (Lipinski definition) is 1. The van der Waals surface area contributed by atoms with Gasteiger partial charge in [-0.15, -0.1) is 11.8 Å². The van der Waals surface area contributed by atoms with E-state index in [1.807, 2.05) is 30.5 Å². The SMILES string of the molecule is COc1cc(C(=O)N/N=C/c2ccc(SC)cc2)cc(OC)c1OC. The zero-order valence-corrected chi connectivity index (χ0v) is 15.3. The first kappa shape index (κ1) is 18.7. The predicted molar refractivity (Wildman–Crippen MR) is 99.4 cm³/mol. The first-order valence-electron chi connectivity index (χ1n) is 7.40. The molecule has 0 fully saturated rings. The number of amides is 1. The molecule has 0 atom stereocenters. The number of carbonyl (C=O) groups excluding carboxylic acids is 1. The fourth-order valence-electron chi connectivity index (χ4n) is 2.13. The molecule has 0 aromatic heterocycles. The number of carbonyl (C=O) groups is 1. The number of thioether (sulfide) groups is 1. The molecule has 0 aliphatic rings. The van der Waals surface area contributed by atoms with Gasteiger partial charge in [0.05, 0.1) is 27.5 Å². The molecule has 0 saturated heterocycles. The molecule has 0 unspecified atom stereocenters. The van der Waals surface area contributed by atoms with Crippen LogP contribution in [-0.2, 0) is 0 Å². The van der Waals surface area contributed by atoms with E-state index in [0.717, 1.165) is 5.56 Å². The number of benzene rings is 2. The second-order valence-electron chi connectivity index (χ2n) is 4.89. The van der Waals surface area contributed by atoms with Gasteiger partial charge in [-0.3, -0.25) is 4.79 Å². The third kappa shape index (κ3) is 4.67. The second kappa shape index (κ2) is 8.98. The van der Waals surface area contributed by atoms with Crippen molar-refractivity contribution in [1.82, 2.24) is 5.43 Å². The first-order chi connectivity index (χ1) is 12.1. The minimum atomic E-state index is -0.378. The molecule has 2 aromatic carbocycles. The van der Waals surface area contributed by atoms with E-state index in [1.54, 1.807) is 30.1 Å². The maximum Gasteiger partial charge on any atom is 0.271 e. The van der Waals surface area contributed by atoms with Gasteiger partial charge < -0.3 is 14.2 Å². The van der Waals surface area contributed by atoms with Crippen LogP contribution in [0.5, 0.6) is 17.2 Å². The van der Waals surface area contributed by atoms with Gasteiger partial charge in [-0.2, -0.15) is 5.10 Å². The highest BCUT2D eigenvalue weighted by molar-refractivity contribution is 7.98. The van der Waals surface area contributed by atoms with Gasteiger partial charge in [0.1, 0.15) is 0 Å². The van der Waals surface area contributed by atoms with Crippen LogP contribution in [0, 0.1) is 0 Å². The minimum absolute atomic E-state index is 0.351. The lowest BCUT2D eigenvalue weighted by Gasteiger charge is -2.13. The van der Waals surface area contributed by atoms with E-state index in [1.165, 1.54) is 26.2 Å². The van der Waals surface area contributed by atoms with Crippen molar-refractivity contribution in [3.63, 3.8) is 0 Å². The van der Waals surface area contributed by atoms with Crippen LogP contribution in [0.2, 0.25) is 0 Å². The molecule has 132 valence electrons. The molecule has 0 spiro atoms. The summed E-state index contributed by atoms with van der Waals surface area (Å²) >= 11 is 1.67. The molecule has 0 radical (unpaired) electrons. The van der Waals surface area contributed by atoms with Gasteiger partial charge in [0.15, 0.2) is 11.5 Å². The standard InChI is InChI=1S/C18H20N2O4S/c1-22-15-9-13(10-16(23-2)17(15)24-3)18(21)20-19-11-12-5-7-14(25-4)8-6-12/h5-11H,1-4H3,(H,20,21)/b19-11+. The molecule has 1 N–H and O–H groups in total. The molecule has 0 saturated carbocycles. The number of hydrazone groups is 1. The molecular formula is C18H20N2O4S. The van der Waals surface area contributed by atoms with E-state index in [2.05, 4.69) is 10.5 Å². The van der Waals surface area contributed by atoms with E-state index in [0.29, 0.717) is 22.8 Å². The fraction of sp³-hybridized carbons (Fsp3) is 0.222. The number of nitrogens with zero attached hydrogens (tertiary/aromatic N) is 1. The number of ether oxygens (including phenoxy) is 3. The zero-order chi connectivity index (χ0) is 18.2. The van der Waals surface area contributed by atoms with Gasteiger partial charge in [0.2, 0.25) is 5.75 Å². The summed E-state index contributed by atoms with van der Waals surface area (Å²) in [5, 5.41) is 3.98. The number of hydrogen-bond acceptors (Lipinski definition) is 6. The van der Waals surface area contributed by atoms with Crippen molar-refractivity contribution in [2.24, 2.45) is 5.10 Å². The summed E-state index contributed by atoms with van der Waals surface area (Å²) in [6.07, 6.45) is 3.60. The largest absolute Gasteiger partial charge is 0.493 e. The van der Waals surface area contributed by atoms with Crippen molar-refractivity contribution in [2.45, 2.75) is 4.90 Å². The summed E-state index contributed by atoms with van der Waals surface area (Å²) in [5.41, 5.74) is 3.73. The van der Waals surface area contributed by atoms with Crippen LogP contribution in [0.25, 0.3) is 0 Å². The molecule has 0 heterocycles. The van der Waals surface area contributed by atoms with Crippen molar-refractivity contribution < 1.29 is 19.0 Å². The molecule has 0 aliphatic heterocycles. The molecule has 25 heavy (non-hydrogen) atoms. The summed E-state index contributed by atoms with van der Waals surface area (Å²) in [4.78, 5) is 13.5. The average Bonchev–Trinajstić information content (AvgIpc) is 2.67. The normalized spacial score (nSPS) is 10.6. The van der Waals surface area contributed by atoms with E-state index >= 15 is 0 Å². The van der Waals surface area contributed by atoms with Crippen LogP contribution in [0.15, 0.2) is 46.4 Å². The molecule has 2 aromatic rings. The second-order valence-corrected chi connectivity index (χ2v) is 5.77. The number of nitrogens with one attached hydrogen (secondary N) is 1. The maximum absolute atomic E-state index is 12.3. The molecular weight excluding hydrogens is 340 g/mol. The van der Waals surface area contributed by atoms with Crippen molar-refractivity contribution in [2.75, 3.05) is 27.6 Å². The smallest absolute Gasteiger partial charge is 0.271 e. The lowest BCUT2D eigenvalue weighted by atomic mass is 10.1. The zero-order valence-electron chi connectivity index (χ0n) is 14.5. The van der Waals surface area contributed by atoms with Crippen LogP contribution in [-0.4, -0.2) is 39.7 Å². The van der Waals surface area contributed by atoms with E-state index in [-0.39, 0.29) is 5.91 Å². The monoisotopic (exact) mass is 360 g/mol. The molecule has 1 amide bonds. The van der Waals surface area contributed by atoms with Gasteiger partial charge in [0, 0.05) is 10.5 Å². The Bertz CT molecular complexity index is 735. The molecule has 7 heteroatoms. The Morgan fingerprint density at radius 2 is 1.64 bits per heavy atom. The lowest BCUT2D eigenvalue weighted by Crippen LogP contribution is -2.18. The van der Waals surface area contributed by atoms with Gasteiger partial charge in [-0.25, -0.2) is 5.43 Å². The Hall–Kier alpha value is -2.67. The molecule has 0 bridgehead atoms. The van der Waals surface area contributed by atoms with Gasteiger partial charge in [-0.05, 0) is 36.1 Å². The number of methoxy groups -OCH3 is 3. The van der Waals surface area contributed by atoms with Gasteiger partial charge in [0.25, 0.3) is 5.91 Å². The van der Waals surface area contributed by atoms with Crippen molar-refractivity contribution in [3.8, 4) is 17.2 Å². The van der Waals surface area contributed by atoms with Crippen molar-refractivity contribution >= 4 is 23.9 Å². The van der Waals surface area contributed by atoms with Gasteiger partial charge in [-0.1, -0.05) is 12.1 Å². The predicted octanol–water partition coefficient (Wildman–Crippen LogP) is 3.20.